The van der Waals surface area contributed by atoms with Crippen LogP contribution in [0.1, 0.15) is 13.8 Å². The van der Waals surface area contributed by atoms with Crippen LogP contribution in [0.3, 0.4) is 0 Å². The van der Waals surface area contributed by atoms with E-state index in [9.17, 15) is 9.59 Å². The lowest BCUT2D eigenvalue weighted by atomic mass is 9.81. The van der Waals surface area contributed by atoms with Crippen molar-refractivity contribution in [1.82, 2.24) is 0 Å². The average Bonchev–Trinajstić information content (AvgIpc) is 2.47. The SMILES string of the molecule is C[SiH2]C1=CC=CC1(C(C)=O)C(C)=O. The highest BCUT2D eigenvalue weighted by molar-refractivity contribution is 6.47. The molecule has 0 unspecified atom stereocenters. The van der Waals surface area contributed by atoms with E-state index in [1.54, 1.807) is 6.08 Å². The molecule has 0 saturated heterocycles. The quantitative estimate of drug-likeness (QED) is 0.492. The third kappa shape index (κ3) is 1.33. The lowest BCUT2D eigenvalue weighted by molar-refractivity contribution is -0.132. The zero-order chi connectivity index (χ0) is 10.1. The van der Waals surface area contributed by atoms with Gasteiger partial charge in [-0.3, -0.25) is 9.59 Å². The van der Waals surface area contributed by atoms with Gasteiger partial charge in [-0.15, -0.1) is 0 Å². The van der Waals surface area contributed by atoms with Crippen molar-refractivity contribution in [3.63, 3.8) is 0 Å². The summed E-state index contributed by atoms with van der Waals surface area (Å²) in [6.07, 6.45) is 5.49. The van der Waals surface area contributed by atoms with Crippen LogP contribution in [-0.2, 0) is 9.59 Å². The first kappa shape index (κ1) is 10.1. The largest absolute Gasteiger partial charge is 0.298 e. The van der Waals surface area contributed by atoms with Crippen LogP contribution in [0, 0.1) is 5.41 Å². The van der Waals surface area contributed by atoms with E-state index in [2.05, 4.69) is 6.55 Å². The number of allylic oxidation sites excluding steroid dienone is 4. The maximum Gasteiger partial charge on any atom is 0.150 e. The predicted octanol–water partition coefficient (Wildman–Crippen LogP) is 0.821. The molecule has 13 heavy (non-hydrogen) atoms. The zero-order valence-corrected chi connectivity index (χ0v) is 9.67. The standard InChI is InChI=1S/C10H14O2Si/c1-7(11)10(8(2)12)6-4-5-9(10)13-3/h4-6H,13H2,1-3H3. The fourth-order valence-corrected chi connectivity index (χ4v) is 3.42. The molecule has 0 spiro atoms. The van der Waals surface area contributed by atoms with E-state index in [1.165, 1.54) is 13.8 Å². The summed E-state index contributed by atoms with van der Waals surface area (Å²) in [5.74, 6) is -0.0938. The summed E-state index contributed by atoms with van der Waals surface area (Å²) in [7, 11) is -0.442. The Morgan fingerprint density at radius 2 is 1.85 bits per heavy atom. The zero-order valence-electron chi connectivity index (χ0n) is 8.26. The molecule has 0 bridgehead atoms. The van der Waals surface area contributed by atoms with Crippen LogP contribution >= 0.6 is 0 Å². The Labute approximate surface area is 80.5 Å². The molecule has 70 valence electrons. The van der Waals surface area contributed by atoms with E-state index in [-0.39, 0.29) is 11.6 Å². The molecular weight excluding hydrogens is 180 g/mol. The highest BCUT2D eigenvalue weighted by Gasteiger charge is 2.42. The first-order chi connectivity index (χ1) is 6.05. The van der Waals surface area contributed by atoms with Gasteiger partial charge in [-0.25, -0.2) is 0 Å². The molecule has 1 aliphatic rings. The van der Waals surface area contributed by atoms with Gasteiger partial charge in [-0.05, 0) is 13.8 Å². The Morgan fingerprint density at radius 3 is 2.15 bits per heavy atom. The van der Waals surface area contributed by atoms with Crippen molar-refractivity contribution in [1.29, 1.82) is 0 Å². The first-order valence-electron chi connectivity index (χ1n) is 4.46. The molecule has 0 fully saturated rings. The molecular formula is C10H14O2Si. The van der Waals surface area contributed by atoms with E-state index in [4.69, 9.17) is 0 Å². The van der Waals surface area contributed by atoms with Gasteiger partial charge in [0.1, 0.15) is 5.41 Å². The van der Waals surface area contributed by atoms with Gasteiger partial charge in [-0.2, -0.15) is 0 Å². The molecule has 0 aromatic heterocycles. The van der Waals surface area contributed by atoms with Crippen molar-refractivity contribution in [3.05, 3.63) is 23.4 Å². The summed E-state index contributed by atoms with van der Waals surface area (Å²) >= 11 is 0. The molecule has 3 heteroatoms. The molecule has 2 nitrogen and oxygen atoms in total. The fourth-order valence-electron chi connectivity index (χ4n) is 1.88. The van der Waals surface area contributed by atoms with E-state index in [0.717, 1.165) is 5.20 Å². The lowest BCUT2D eigenvalue weighted by Gasteiger charge is -2.24. The maximum atomic E-state index is 11.5. The van der Waals surface area contributed by atoms with Crippen LogP contribution in [0.4, 0.5) is 0 Å². The van der Waals surface area contributed by atoms with Gasteiger partial charge in [0.15, 0.2) is 11.6 Å². The molecule has 0 atom stereocenters. The van der Waals surface area contributed by atoms with Crippen LogP contribution < -0.4 is 0 Å². The van der Waals surface area contributed by atoms with Crippen molar-refractivity contribution < 1.29 is 9.59 Å². The molecule has 1 rings (SSSR count). The number of Topliss-reactive ketones (excluding diaryl/α,β-unsaturated/α-hetero) is 2. The van der Waals surface area contributed by atoms with E-state index < -0.39 is 14.9 Å². The van der Waals surface area contributed by atoms with E-state index in [1.807, 2.05) is 12.2 Å². The average molecular weight is 194 g/mol. The third-order valence-corrected chi connectivity index (χ3v) is 4.20. The summed E-state index contributed by atoms with van der Waals surface area (Å²) in [4.78, 5) is 23.0. The molecule has 0 amide bonds. The predicted molar refractivity (Wildman–Crippen MR) is 55.4 cm³/mol. The first-order valence-corrected chi connectivity index (χ1v) is 6.58. The van der Waals surface area contributed by atoms with Crippen molar-refractivity contribution in [2.24, 2.45) is 5.41 Å². The Hall–Kier alpha value is -0.963. The van der Waals surface area contributed by atoms with Gasteiger partial charge in [0.05, 0.1) is 0 Å². The van der Waals surface area contributed by atoms with Gasteiger partial charge in [-0.1, -0.05) is 30.0 Å². The minimum atomic E-state index is -0.874. The van der Waals surface area contributed by atoms with Gasteiger partial charge in [0.2, 0.25) is 0 Å². The Kier molecular flexibility index (Phi) is 2.66. The van der Waals surface area contributed by atoms with Gasteiger partial charge >= 0.3 is 0 Å². The lowest BCUT2D eigenvalue weighted by Crippen LogP contribution is -2.36. The second-order valence-electron chi connectivity index (χ2n) is 3.32. The molecule has 0 aliphatic heterocycles. The molecule has 1 aliphatic carbocycles. The highest BCUT2D eigenvalue weighted by atomic mass is 28.2. The second-order valence-corrected chi connectivity index (χ2v) is 4.79. The van der Waals surface area contributed by atoms with Crippen molar-refractivity contribution in [2.75, 3.05) is 0 Å². The third-order valence-electron chi connectivity index (χ3n) is 2.64. The smallest absolute Gasteiger partial charge is 0.150 e. The van der Waals surface area contributed by atoms with E-state index in [0.29, 0.717) is 0 Å². The summed E-state index contributed by atoms with van der Waals surface area (Å²) in [5, 5.41) is 1.05. The van der Waals surface area contributed by atoms with Crippen LogP contribution in [-0.4, -0.2) is 21.1 Å². The number of rotatable bonds is 3. The Morgan fingerprint density at radius 1 is 1.31 bits per heavy atom. The monoisotopic (exact) mass is 194 g/mol. The second kappa shape index (κ2) is 3.42. The number of carbonyl (C=O) groups is 2. The number of ketones is 2. The molecule has 0 aromatic rings. The summed E-state index contributed by atoms with van der Waals surface area (Å²) < 4.78 is 0. The molecule has 0 heterocycles. The molecule has 0 N–H and O–H groups in total. The van der Waals surface area contributed by atoms with Crippen LogP contribution in [0.15, 0.2) is 23.4 Å². The van der Waals surface area contributed by atoms with Crippen LogP contribution in [0.25, 0.3) is 0 Å². The summed E-state index contributed by atoms with van der Waals surface area (Å²) in [6.45, 7) is 5.09. The van der Waals surface area contributed by atoms with Gasteiger partial charge < -0.3 is 0 Å². The molecule has 0 radical (unpaired) electrons. The molecule has 0 aromatic carbocycles. The summed E-state index contributed by atoms with van der Waals surface area (Å²) in [5.41, 5.74) is -0.874. The van der Waals surface area contributed by atoms with Crippen LogP contribution in [0.2, 0.25) is 6.55 Å². The summed E-state index contributed by atoms with van der Waals surface area (Å²) in [6, 6.07) is 0. The van der Waals surface area contributed by atoms with Crippen molar-refractivity contribution in [2.45, 2.75) is 20.4 Å². The minimum Gasteiger partial charge on any atom is -0.298 e. The minimum absolute atomic E-state index is 0.0469. The number of hydrogen-bond acceptors (Lipinski definition) is 2. The van der Waals surface area contributed by atoms with Gasteiger partial charge in [0.25, 0.3) is 0 Å². The van der Waals surface area contributed by atoms with E-state index >= 15 is 0 Å². The molecule has 0 saturated carbocycles. The Bertz CT molecular complexity index is 299. The fraction of sp³-hybridized carbons (Fsp3) is 0.400. The Balaban J connectivity index is 3.21. The normalized spacial score (nSPS) is 19.5. The topological polar surface area (TPSA) is 34.1 Å². The van der Waals surface area contributed by atoms with Gasteiger partial charge in [0, 0.05) is 9.52 Å². The van der Waals surface area contributed by atoms with Crippen molar-refractivity contribution in [3.8, 4) is 0 Å². The van der Waals surface area contributed by atoms with Crippen molar-refractivity contribution >= 4 is 21.1 Å². The highest BCUT2D eigenvalue weighted by Crippen LogP contribution is 2.35. The number of hydrogen-bond donors (Lipinski definition) is 0. The van der Waals surface area contributed by atoms with Crippen LogP contribution in [0.5, 0.6) is 0 Å². The number of carbonyl (C=O) groups excluding carboxylic acids is 2. The maximum absolute atomic E-state index is 11.5.